The van der Waals surface area contributed by atoms with Crippen molar-refractivity contribution in [3.8, 4) is 11.4 Å². The number of thioether (sulfide) groups is 1. The number of benzene rings is 1. The van der Waals surface area contributed by atoms with Crippen LogP contribution in [-0.4, -0.2) is 71.3 Å². The number of methoxy groups -OCH3 is 1. The molecular weight excluding hydrogens is 352 g/mol. The Hall–Kier alpha value is -1.90. The third-order valence-corrected chi connectivity index (χ3v) is 5.12. The van der Waals surface area contributed by atoms with Crippen molar-refractivity contribution in [3.63, 3.8) is 0 Å². The monoisotopic (exact) mass is 376 g/mol. The van der Waals surface area contributed by atoms with Gasteiger partial charge in [-0.1, -0.05) is 42.1 Å². The second kappa shape index (κ2) is 9.70. The molecule has 7 nitrogen and oxygen atoms in total. The van der Waals surface area contributed by atoms with E-state index in [1.807, 2.05) is 35.2 Å². The normalized spacial score (nSPS) is 14.6. The fourth-order valence-electron chi connectivity index (χ4n) is 2.80. The van der Waals surface area contributed by atoms with Gasteiger partial charge in [-0.05, 0) is 6.42 Å². The van der Waals surface area contributed by atoms with Gasteiger partial charge in [-0.2, -0.15) is 0 Å². The van der Waals surface area contributed by atoms with Crippen LogP contribution in [-0.2, 0) is 20.8 Å². The summed E-state index contributed by atoms with van der Waals surface area (Å²) in [6.45, 7) is 3.97. The molecule has 1 saturated heterocycles. The van der Waals surface area contributed by atoms with Gasteiger partial charge in [0, 0.05) is 38.9 Å². The fourth-order valence-corrected chi connectivity index (χ4v) is 3.66. The van der Waals surface area contributed by atoms with E-state index in [1.165, 1.54) is 11.8 Å². The molecule has 3 rings (SSSR count). The molecule has 0 N–H and O–H groups in total. The zero-order valence-corrected chi connectivity index (χ0v) is 15.8. The van der Waals surface area contributed by atoms with Crippen LogP contribution in [0.3, 0.4) is 0 Å². The molecule has 1 amide bonds. The first-order chi connectivity index (χ1) is 12.8. The lowest BCUT2D eigenvalue weighted by molar-refractivity contribution is -0.132. The Morgan fingerprint density at radius 2 is 2.00 bits per heavy atom. The average molecular weight is 376 g/mol. The minimum Gasteiger partial charge on any atom is -0.385 e. The average Bonchev–Trinajstić information content (AvgIpc) is 3.10. The van der Waals surface area contributed by atoms with Crippen LogP contribution in [0.25, 0.3) is 11.4 Å². The lowest BCUT2D eigenvalue weighted by Gasteiger charge is -2.26. The van der Waals surface area contributed by atoms with Crippen molar-refractivity contribution in [3.05, 3.63) is 30.3 Å². The highest BCUT2D eigenvalue weighted by atomic mass is 32.2. The molecule has 0 bridgehead atoms. The number of hydrogen-bond donors (Lipinski definition) is 0. The molecule has 1 aromatic carbocycles. The number of nitrogens with zero attached hydrogens (tertiary/aromatic N) is 4. The lowest BCUT2D eigenvalue weighted by Crippen LogP contribution is -2.41. The fraction of sp³-hybridized carbons (Fsp3) is 0.500. The van der Waals surface area contributed by atoms with E-state index in [9.17, 15) is 4.79 Å². The Morgan fingerprint density at radius 3 is 2.73 bits per heavy atom. The molecule has 0 saturated carbocycles. The minimum absolute atomic E-state index is 0.117. The maximum Gasteiger partial charge on any atom is 0.233 e. The zero-order valence-electron chi connectivity index (χ0n) is 15.0. The second-order valence-electron chi connectivity index (χ2n) is 5.95. The smallest absolute Gasteiger partial charge is 0.233 e. The largest absolute Gasteiger partial charge is 0.385 e. The van der Waals surface area contributed by atoms with Crippen LogP contribution in [0.15, 0.2) is 35.5 Å². The molecule has 140 valence electrons. The summed E-state index contributed by atoms with van der Waals surface area (Å²) >= 11 is 1.44. The van der Waals surface area contributed by atoms with E-state index in [2.05, 4.69) is 14.8 Å². The lowest BCUT2D eigenvalue weighted by atomic mass is 10.2. The van der Waals surface area contributed by atoms with Crippen LogP contribution in [0, 0.1) is 0 Å². The Kier molecular flexibility index (Phi) is 7.04. The van der Waals surface area contributed by atoms with Gasteiger partial charge in [-0.3, -0.25) is 4.79 Å². The van der Waals surface area contributed by atoms with E-state index in [-0.39, 0.29) is 5.91 Å². The molecule has 0 radical (unpaired) electrons. The summed E-state index contributed by atoms with van der Waals surface area (Å²) in [6.07, 6.45) is 0.860. The van der Waals surface area contributed by atoms with Gasteiger partial charge in [0.1, 0.15) is 0 Å². The Labute approximate surface area is 157 Å². The third kappa shape index (κ3) is 4.84. The molecule has 1 aliphatic heterocycles. The van der Waals surface area contributed by atoms with Gasteiger partial charge in [-0.25, -0.2) is 0 Å². The number of carbonyl (C=O) groups is 1. The van der Waals surface area contributed by atoms with Crippen LogP contribution in [0.5, 0.6) is 0 Å². The van der Waals surface area contributed by atoms with E-state index < -0.39 is 0 Å². The van der Waals surface area contributed by atoms with E-state index in [1.54, 1.807) is 7.11 Å². The van der Waals surface area contributed by atoms with Gasteiger partial charge < -0.3 is 18.9 Å². The van der Waals surface area contributed by atoms with Crippen molar-refractivity contribution in [1.29, 1.82) is 0 Å². The first kappa shape index (κ1) is 18.9. The number of amides is 1. The summed E-state index contributed by atoms with van der Waals surface area (Å²) in [5, 5.41) is 9.46. The van der Waals surface area contributed by atoms with Gasteiger partial charge >= 0.3 is 0 Å². The van der Waals surface area contributed by atoms with E-state index in [0.717, 1.165) is 29.5 Å². The molecule has 1 aromatic heterocycles. The highest BCUT2D eigenvalue weighted by Gasteiger charge is 2.19. The molecule has 0 unspecified atom stereocenters. The van der Waals surface area contributed by atoms with Gasteiger partial charge in [-0.15, -0.1) is 10.2 Å². The van der Waals surface area contributed by atoms with Crippen LogP contribution in [0.1, 0.15) is 6.42 Å². The first-order valence-corrected chi connectivity index (χ1v) is 9.74. The van der Waals surface area contributed by atoms with Gasteiger partial charge in [0.05, 0.1) is 19.0 Å². The van der Waals surface area contributed by atoms with Crippen LogP contribution < -0.4 is 0 Å². The third-order valence-electron chi connectivity index (χ3n) is 4.17. The predicted molar refractivity (Wildman–Crippen MR) is 100 cm³/mol. The zero-order chi connectivity index (χ0) is 18.2. The molecule has 1 aliphatic rings. The number of rotatable bonds is 8. The molecule has 1 fully saturated rings. The van der Waals surface area contributed by atoms with E-state index >= 15 is 0 Å². The highest BCUT2D eigenvalue weighted by Crippen LogP contribution is 2.24. The first-order valence-electron chi connectivity index (χ1n) is 8.75. The number of carbonyl (C=O) groups excluding carboxylic acids is 1. The molecule has 0 atom stereocenters. The highest BCUT2D eigenvalue weighted by molar-refractivity contribution is 7.99. The number of ether oxygens (including phenoxy) is 2. The Morgan fingerprint density at radius 1 is 1.23 bits per heavy atom. The summed E-state index contributed by atoms with van der Waals surface area (Å²) in [5.41, 5.74) is 1.02. The Bertz CT molecular complexity index is 702. The maximum atomic E-state index is 12.4. The van der Waals surface area contributed by atoms with Gasteiger partial charge in [0.2, 0.25) is 5.91 Å². The molecule has 26 heavy (non-hydrogen) atoms. The summed E-state index contributed by atoms with van der Waals surface area (Å²) in [7, 11) is 1.70. The molecule has 8 heteroatoms. The quantitative estimate of drug-likeness (QED) is 0.518. The summed E-state index contributed by atoms with van der Waals surface area (Å²) < 4.78 is 12.5. The van der Waals surface area contributed by atoms with Gasteiger partial charge in [0.15, 0.2) is 11.0 Å². The summed E-state index contributed by atoms with van der Waals surface area (Å²) in [4.78, 5) is 14.2. The maximum absolute atomic E-state index is 12.4. The van der Waals surface area contributed by atoms with Crippen molar-refractivity contribution < 1.29 is 14.3 Å². The summed E-state index contributed by atoms with van der Waals surface area (Å²) in [6, 6.07) is 9.98. The number of aromatic nitrogens is 3. The second-order valence-corrected chi connectivity index (χ2v) is 6.89. The van der Waals surface area contributed by atoms with Crippen LogP contribution >= 0.6 is 11.8 Å². The van der Waals surface area contributed by atoms with Crippen molar-refractivity contribution in [2.45, 2.75) is 18.1 Å². The molecule has 0 aliphatic carbocycles. The number of hydrogen-bond acceptors (Lipinski definition) is 6. The molecule has 2 aromatic rings. The molecular formula is C18H24N4O3S. The summed E-state index contributed by atoms with van der Waals surface area (Å²) in [5.74, 6) is 1.30. The molecule has 2 heterocycles. The Balaban J connectivity index is 1.71. The topological polar surface area (TPSA) is 69.5 Å². The minimum atomic E-state index is 0.117. The van der Waals surface area contributed by atoms with Crippen molar-refractivity contribution in [2.75, 3.05) is 45.8 Å². The SMILES string of the molecule is COCCCn1c(SCC(=O)N2CCOCC2)nnc1-c1ccccc1. The van der Waals surface area contributed by atoms with Crippen molar-refractivity contribution in [2.24, 2.45) is 0 Å². The van der Waals surface area contributed by atoms with E-state index in [4.69, 9.17) is 9.47 Å². The van der Waals surface area contributed by atoms with Crippen molar-refractivity contribution in [1.82, 2.24) is 19.7 Å². The van der Waals surface area contributed by atoms with Crippen molar-refractivity contribution >= 4 is 17.7 Å². The molecule has 0 spiro atoms. The van der Waals surface area contributed by atoms with Crippen LogP contribution in [0.2, 0.25) is 0 Å². The standard InChI is InChI=1S/C18H24N4O3S/c1-24-11-5-8-22-17(15-6-3-2-4-7-15)19-20-18(22)26-14-16(23)21-9-12-25-13-10-21/h2-4,6-7H,5,8-14H2,1H3. The predicted octanol–water partition coefficient (Wildman–Crippen LogP) is 1.93. The number of morpholine rings is 1. The van der Waals surface area contributed by atoms with Crippen LogP contribution in [0.4, 0.5) is 0 Å². The van der Waals surface area contributed by atoms with E-state index in [0.29, 0.717) is 38.7 Å². The van der Waals surface area contributed by atoms with Gasteiger partial charge in [0.25, 0.3) is 0 Å².